The molecule has 0 saturated heterocycles. The summed E-state index contributed by atoms with van der Waals surface area (Å²) < 4.78 is 0.988. The molecule has 0 aromatic heterocycles. The van der Waals surface area contributed by atoms with E-state index in [1.807, 2.05) is 30.3 Å². The fraction of sp³-hybridized carbons (Fsp3) is 0.235. The van der Waals surface area contributed by atoms with E-state index < -0.39 is 0 Å². The van der Waals surface area contributed by atoms with Gasteiger partial charge in [0, 0.05) is 15.6 Å². The van der Waals surface area contributed by atoms with Gasteiger partial charge in [-0.25, -0.2) is 0 Å². The number of hydrogen-bond donors (Lipinski definition) is 0. The highest BCUT2D eigenvalue weighted by Crippen LogP contribution is 2.19. The van der Waals surface area contributed by atoms with E-state index in [9.17, 15) is 4.79 Å². The Kier molecular flexibility index (Phi) is 4.54. The van der Waals surface area contributed by atoms with E-state index in [-0.39, 0.29) is 5.78 Å². The standard InChI is InChI=1S/C17H17BrO/c1-3-12-5-6-13(4-2)16(11-12)17(19)14-7-9-15(18)10-8-14/h5-11H,3-4H2,1-2H3. The summed E-state index contributed by atoms with van der Waals surface area (Å²) in [6.45, 7) is 4.19. The Morgan fingerprint density at radius 3 is 2.26 bits per heavy atom. The maximum absolute atomic E-state index is 12.6. The Bertz CT molecular complexity index is 585. The van der Waals surface area contributed by atoms with Crippen LogP contribution in [0.2, 0.25) is 0 Å². The minimum Gasteiger partial charge on any atom is -0.289 e. The molecular weight excluding hydrogens is 300 g/mol. The molecule has 2 heteroatoms. The topological polar surface area (TPSA) is 17.1 Å². The summed E-state index contributed by atoms with van der Waals surface area (Å²) in [6.07, 6.45) is 1.83. The zero-order chi connectivity index (χ0) is 13.8. The molecule has 0 N–H and O–H groups in total. The van der Waals surface area contributed by atoms with Gasteiger partial charge < -0.3 is 0 Å². The van der Waals surface area contributed by atoms with Crippen molar-refractivity contribution in [2.75, 3.05) is 0 Å². The van der Waals surface area contributed by atoms with Crippen LogP contribution in [-0.4, -0.2) is 5.78 Å². The molecule has 0 heterocycles. The van der Waals surface area contributed by atoms with Crippen LogP contribution in [-0.2, 0) is 12.8 Å². The predicted molar refractivity (Wildman–Crippen MR) is 82.8 cm³/mol. The van der Waals surface area contributed by atoms with Crippen LogP contribution in [0, 0.1) is 0 Å². The van der Waals surface area contributed by atoms with E-state index in [2.05, 4.69) is 41.9 Å². The van der Waals surface area contributed by atoms with Gasteiger partial charge in [0.2, 0.25) is 0 Å². The summed E-state index contributed by atoms with van der Waals surface area (Å²) >= 11 is 3.39. The summed E-state index contributed by atoms with van der Waals surface area (Å²) in [5.41, 5.74) is 3.90. The average Bonchev–Trinajstić information content (AvgIpc) is 2.46. The molecule has 1 nitrogen and oxygen atoms in total. The van der Waals surface area contributed by atoms with Crippen LogP contribution in [0.25, 0.3) is 0 Å². The first-order valence-electron chi connectivity index (χ1n) is 6.57. The van der Waals surface area contributed by atoms with Crippen molar-refractivity contribution in [3.63, 3.8) is 0 Å². The molecule has 0 aliphatic heterocycles. The van der Waals surface area contributed by atoms with Gasteiger partial charge in [0.05, 0.1) is 0 Å². The number of carbonyl (C=O) groups excluding carboxylic acids is 1. The van der Waals surface area contributed by atoms with Crippen molar-refractivity contribution in [2.45, 2.75) is 26.7 Å². The zero-order valence-corrected chi connectivity index (χ0v) is 12.8. The smallest absolute Gasteiger partial charge is 0.193 e. The Labute approximate surface area is 122 Å². The first-order valence-corrected chi connectivity index (χ1v) is 7.37. The van der Waals surface area contributed by atoms with Crippen molar-refractivity contribution in [1.29, 1.82) is 0 Å². The molecule has 0 bridgehead atoms. The Balaban J connectivity index is 2.44. The van der Waals surface area contributed by atoms with Crippen molar-refractivity contribution in [3.05, 3.63) is 69.2 Å². The number of aryl methyl sites for hydroxylation is 2. The first kappa shape index (κ1) is 14.0. The molecule has 2 aromatic carbocycles. The first-order chi connectivity index (χ1) is 9.15. The molecule has 0 spiro atoms. The monoisotopic (exact) mass is 316 g/mol. The number of benzene rings is 2. The van der Waals surface area contributed by atoms with E-state index in [1.54, 1.807) is 0 Å². The van der Waals surface area contributed by atoms with Crippen molar-refractivity contribution >= 4 is 21.7 Å². The minimum atomic E-state index is 0.111. The molecule has 0 radical (unpaired) electrons. The SMILES string of the molecule is CCc1ccc(CC)c(C(=O)c2ccc(Br)cc2)c1. The van der Waals surface area contributed by atoms with Gasteiger partial charge in [-0.3, -0.25) is 4.79 Å². The van der Waals surface area contributed by atoms with Crippen molar-refractivity contribution in [2.24, 2.45) is 0 Å². The second-order valence-corrected chi connectivity index (χ2v) is 5.45. The summed E-state index contributed by atoms with van der Waals surface area (Å²) in [5.74, 6) is 0.111. The lowest BCUT2D eigenvalue weighted by Crippen LogP contribution is -2.06. The number of rotatable bonds is 4. The highest BCUT2D eigenvalue weighted by molar-refractivity contribution is 9.10. The van der Waals surface area contributed by atoms with E-state index in [0.717, 1.165) is 34.0 Å². The van der Waals surface area contributed by atoms with Gasteiger partial charge in [-0.05, 0) is 54.3 Å². The van der Waals surface area contributed by atoms with Gasteiger partial charge in [0.15, 0.2) is 5.78 Å². The van der Waals surface area contributed by atoms with Gasteiger partial charge >= 0.3 is 0 Å². The largest absolute Gasteiger partial charge is 0.289 e. The third kappa shape index (κ3) is 3.13. The summed E-state index contributed by atoms with van der Waals surface area (Å²) in [5, 5.41) is 0. The van der Waals surface area contributed by atoms with Crippen LogP contribution in [0.3, 0.4) is 0 Å². The van der Waals surface area contributed by atoms with Gasteiger partial charge in [-0.15, -0.1) is 0 Å². The van der Waals surface area contributed by atoms with Crippen LogP contribution < -0.4 is 0 Å². The van der Waals surface area contributed by atoms with Crippen LogP contribution in [0.4, 0.5) is 0 Å². The predicted octanol–water partition coefficient (Wildman–Crippen LogP) is 4.80. The lowest BCUT2D eigenvalue weighted by Gasteiger charge is -2.09. The molecule has 0 amide bonds. The number of ketones is 1. The molecule has 0 aliphatic rings. The third-order valence-corrected chi connectivity index (χ3v) is 3.84. The molecule has 2 rings (SSSR count). The van der Waals surface area contributed by atoms with E-state index in [4.69, 9.17) is 0 Å². The Morgan fingerprint density at radius 2 is 1.68 bits per heavy atom. The van der Waals surface area contributed by atoms with Crippen molar-refractivity contribution < 1.29 is 4.79 Å². The Morgan fingerprint density at radius 1 is 1.00 bits per heavy atom. The van der Waals surface area contributed by atoms with E-state index in [1.165, 1.54) is 5.56 Å². The molecule has 2 aromatic rings. The fourth-order valence-corrected chi connectivity index (χ4v) is 2.38. The summed E-state index contributed by atoms with van der Waals surface area (Å²) in [4.78, 5) is 12.6. The lowest BCUT2D eigenvalue weighted by atomic mass is 9.94. The molecule has 0 unspecified atom stereocenters. The summed E-state index contributed by atoms with van der Waals surface area (Å²) in [7, 11) is 0. The van der Waals surface area contributed by atoms with Crippen LogP contribution in [0.5, 0.6) is 0 Å². The van der Waals surface area contributed by atoms with E-state index >= 15 is 0 Å². The second-order valence-electron chi connectivity index (χ2n) is 4.53. The van der Waals surface area contributed by atoms with Crippen LogP contribution in [0.1, 0.15) is 40.9 Å². The van der Waals surface area contributed by atoms with E-state index in [0.29, 0.717) is 0 Å². The number of hydrogen-bond acceptors (Lipinski definition) is 1. The quantitative estimate of drug-likeness (QED) is 0.740. The molecule has 0 aliphatic carbocycles. The minimum absolute atomic E-state index is 0.111. The van der Waals surface area contributed by atoms with Gasteiger partial charge in [-0.1, -0.05) is 41.9 Å². The molecular formula is C17H17BrO. The highest BCUT2D eigenvalue weighted by atomic mass is 79.9. The maximum atomic E-state index is 12.6. The molecule has 0 atom stereocenters. The lowest BCUT2D eigenvalue weighted by molar-refractivity contribution is 0.103. The van der Waals surface area contributed by atoms with Crippen molar-refractivity contribution in [1.82, 2.24) is 0 Å². The van der Waals surface area contributed by atoms with Gasteiger partial charge in [-0.2, -0.15) is 0 Å². The Hall–Kier alpha value is -1.41. The second kappa shape index (κ2) is 6.16. The highest BCUT2D eigenvalue weighted by Gasteiger charge is 2.13. The van der Waals surface area contributed by atoms with Gasteiger partial charge in [0.1, 0.15) is 0 Å². The van der Waals surface area contributed by atoms with Gasteiger partial charge in [0.25, 0.3) is 0 Å². The third-order valence-electron chi connectivity index (χ3n) is 3.31. The fourth-order valence-electron chi connectivity index (χ4n) is 2.12. The number of halogens is 1. The maximum Gasteiger partial charge on any atom is 0.193 e. The molecule has 0 saturated carbocycles. The van der Waals surface area contributed by atoms with Crippen molar-refractivity contribution in [3.8, 4) is 0 Å². The normalized spacial score (nSPS) is 10.5. The van der Waals surface area contributed by atoms with Crippen LogP contribution in [0.15, 0.2) is 46.9 Å². The summed E-state index contributed by atoms with van der Waals surface area (Å²) in [6, 6.07) is 13.8. The molecule has 98 valence electrons. The molecule has 0 fully saturated rings. The zero-order valence-electron chi connectivity index (χ0n) is 11.2. The molecule has 19 heavy (non-hydrogen) atoms. The number of carbonyl (C=O) groups is 1. The average molecular weight is 317 g/mol. The van der Waals surface area contributed by atoms with Crippen LogP contribution >= 0.6 is 15.9 Å².